The topological polar surface area (TPSA) is 75.7 Å². The largest absolute Gasteiger partial charge is 0.494 e. The Kier molecular flexibility index (Phi) is 6.84. The molecule has 4 heteroatoms. The average molecular weight is 267 g/mol. The predicted octanol–water partition coefficient (Wildman–Crippen LogP) is 1.48. The van der Waals surface area contributed by atoms with E-state index in [2.05, 4.69) is 6.92 Å². The van der Waals surface area contributed by atoms with Gasteiger partial charge in [0.25, 0.3) is 0 Å². The van der Waals surface area contributed by atoms with Crippen LogP contribution in [-0.2, 0) is 6.42 Å². The highest BCUT2D eigenvalue weighted by Gasteiger charge is 2.22. The second-order valence-electron chi connectivity index (χ2n) is 5.02. The summed E-state index contributed by atoms with van der Waals surface area (Å²) in [5.74, 6) is 0.875. The molecule has 0 aliphatic rings. The Morgan fingerprint density at radius 3 is 2.32 bits per heavy atom. The number of benzene rings is 1. The number of hydrogen-bond acceptors (Lipinski definition) is 4. The predicted molar refractivity (Wildman–Crippen MR) is 76.3 cm³/mol. The fourth-order valence-electron chi connectivity index (χ4n) is 1.69. The third kappa shape index (κ3) is 5.59. The van der Waals surface area contributed by atoms with E-state index in [1.54, 1.807) is 0 Å². The highest BCUT2D eigenvalue weighted by Crippen LogP contribution is 2.16. The SMILES string of the molecule is CCCCOc1ccc(CCC(N)(CO)CO)cc1. The molecule has 0 unspecified atom stereocenters. The van der Waals surface area contributed by atoms with Gasteiger partial charge in [-0.2, -0.15) is 0 Å². The molecule has 0 fully saturated rings. The maximum absolute atomic E-state index is 9.12. The number of aliphatic hydroxyl groups is 2. The molecule has 0 bridgehead atoms. The summed E-state index contributed by atoms with van der Waals surface area (Å²) in [5.41, 5.74) is 6.06. The van der Waals surface area contributed by atoms with Crippen molar-refractivity contribution in [1.82, 2.24) is 0 Å². The number of aryl methyl sites for hydroxylation is 1. The van der Waals surface area contributed by atoms with Gasteiger partial charge in [0.15, 0.2) is 0 Å². The van der Waals surface area contributed by atoms with Crippen molar-refractivity contribution in [2.24, 2.45) is 5.73 Å². The first-order chi connectivity index (χ1) is 9.13. The zero-order chi connectivity index (χ0) is 14.1. The molecule has 0 atom stereocenters. The highest BCUT2D eigenvalue weighted by molar-refractivity contribution is 5.27. The Morgan fingerprint density at radius 1 is 1.16 bits per heavy atom. The fourth-order valence-corrected chi connectivity index (χ4v) is 1.69. The number of hydrogen-bond donors (Lipinski definition) is 3. The molecule has 0 aromatic heterocycles. The van der Waals surface area contributed by atoms with Crippen molar-refractivity contribution in [2.75, 3.05) is 19.8 Å². The molecule has 0 amide bonds. The Balaban J connectivity index is 2.43. The van der Waals surface area contributed by atoms with Crippen molar-refractivity contribution in [2.45, 2.75) is 38.1 Å². The monoisotopic (exact) mass is 267 g/mol. The number of nitrogens with two attached hydrogens (primary N) is 1. The standard InChI is InChI=1S/C15H25NO3/c1-2-3-10-19-14-6-4-13(5-7-14)8-9-15(16,11-17)12-18/h4-7,17-18H,2-3,8-12,16H2,1H3. The number of aliphatic hydroxyl groups excluding tert-OH is 2. The quantitative estimate of drug-likeness (QED) is 0.592. The van der Waals surface area contributed by atoms with E-state index in [9.17, 15) is 0 Å². The zero-order valence-corrected chi connectivity index (χ0v) is 11.6. The molecule has 108 valence electrons. The minimum Gasteiger partial charge on any atom is -0.494 e. The van der Waals surface area contributed by atoms with E-state index in [-0.39, 0.29) is 13.2 Å². The van der Waals surface area contributed by atoms with Crippen LogP contribution in [0.25, 0.3) is 0 Å². The molecular formula is C15H25NO3. The number of unbranched alkanes of at least 4 members (excludes halogenated alkanes) is 1. The van der Waals surface area contributed by atoms with E-state index < -0.39 is 5.54 Å². The molecule has 1 rings (SSSR count). The van der Waals surface area contributed by atoms with Crippen molar-refractivity contribution in [1.29, 1.82) is 0 Å². The highest BCUT2D eigenvalue weighted by atomic mass is 16.5. The minimum absolute atomic E-state index is 0.207. The lowest BCUT2D eigenvalue weighted by Crippen LogP contribution is -2.47. The van der Waals surface area contributed by atoms with E-state index >= 15 is 0 Å². The lowest BCUT2D eigenvalue weighted by Gasteiger charge is -2.24. The summed E-state index contributed by atoms with van der Waals surface area (Å²) in [7, 11) is 0. The van der Waals surface area contributed by atoms with Crippen LogP contribution < -0.4 is 10.5 Å². The first-order valence-corrected chi connectivity index (χ1v) is 6.86. The lowest BCUT2D eigenvalue weighted by atomic mass is 9.94. The Labute approximate surface area is 115 Å². The van der Waals surface area contributed by atoms with E-state index in [1.807, 2.05) is 24.3 Å². The van der Waals surface area contributed by atoms with Crippen molar-refractivity contribution < 1.29 is 14.9 Å². The van der Waals surface area contributed by atoms with Crippen molar-refractivity contribution >= 4 is 0 Å². The van der Waals surface area contributed by atoms with Gasteiger partial charge >= 0.3 is 0 Å². The minimum atomic E-state index is -0.893. The number of rotatable bonds is 9. The summed E-state index contributed by atoms with van der Waals surface area (Å²) in [6.07, 6.45) is 3.46. The Bertz CT molecular complexity index is 347. The summed E-state index contributed by atoms with van der Waals surface area (Å²) in [6.45, 7) is 2.47. The van der Waals surface area contributed by atoms with Crippen molar-refractivity contribution in [3.05, 3.63) is 29.8 Å². The van der Waals surface area contributed by atoms with Crippen LogP contribution in [0.5, 0.6) is 5.75 Å². The molecule has 4 N–H and O–H groups in total. The van der Waals surface area contributed by atoms with Crippen LogP contribution in [0.15, 0.2) is 24.3 Å². The second-order valence-corrected chi connectivity index (χ2v) is 5.02. The molecular weight excluding hydrogens is 242 g/mol. The molecule has 19 heavy (non-hydrogen) atoms. The van der Waals surface area contributed by atoms with Crippen molar-refractivity contribution in [3.8, 4) is 5.75 Å². The average Bonchev–Trinajstić information content (AvgIpc) is 2.46. The van der Waals surface area contributed by atoms with E-state index in [0.717, 1.165) is 37.2 Å². The van der Waals surface area contributed by atoms with Gasteiger partial charge in [0.1, 0.15) is 5.75 Å². The van der Waals surface area contributed by atoms with Gasteiger partial charge in [-0.15, -0.1) is 0 Å². The van der Waals surface area contributed by atoms with Gasteiger partial charge in [-0.25, -0.2) is 0 Å². The van der Waals surface area contributed by atoms with E-state index in [4.69, 9.17) is 20.7 Å². The molecule has 0 saturated carbocycles. The maximum atomic E-state index is 9.12. The Hall–Kier alpha value is -1.10. The normalized spacial score (nSPS) is 11.6. The fraction of sp³-hybridized carbons (Fsp3) is 0.600. The van der Waals surface area contributed by atoms with Crippen molar-refractivity contribution in [3.63, 3.8) is 0 Å². The van der Waals surface area contributed by atoms with Crippen LogP contribution in [0.3, 0.4) is 0 Å². The molecule has 0 saturated heterocycles. The van der Waals surface area contributed by atoms with Crippen LogP contribution in [0.4, 0.5) is 0 Å². The molecule has 0 heterocycles. The van der Waals surface area contributed by atoms with Gasteiger partial charge in [-0.3, -0.25) is 0 Å². The Morgan fingerprint density at radius 2 is 1.79 bits per heavy atom. The molecule has 4 nitrogen and oxygen atoms in total. The molecule has 1 aromatic rings. The molecule has 0 spiro atoms. The second kappa shape index (κ2) is 8.15. The summed E-state index contributed by atoms with van der Waals surface area (Å²) in [6, 6.07) is 7.88. The van der Waals surface area contributed by atoms with Crippen LogP contribution in [0.2, 0.25) is 0 Å². The van der Waals surface area contributed by atoms with Gasteiger partial charge in [-0.05, 0) is 37.0 Å². The molecule has 0 aliphatic heterocycles. The summed E-state index contributed by atoms with van der Waals surface area (Å²) in [4.78, 5) is 0. The van der Waals surface area contributed by atoms with Crippen LogP contribution in [0.1, 0.15) is 31.7 Å². The smallest absolute Gasteiger partial charge is 0.119 e. The summed E-state index contributed by atoms with van der Waals surface area (Å²) < 4.78 is 5.58. The molecule has 0 aliphatic carbocycles. The molecule has 0 radical (unpaired) electrons. The van der Waals surface area contributed by atoms with Gasteiger partial charge < -0.3 is 20.7 Å². The summed E-state index contributed by atoms with van der Waals surface area (Å²) in [5, 5.41) is 18.2. The third-order valence-corrected chi connectivity index (χ3v) is 3.23. The van der Waals surface area contributed by atoms with Gasteiger partial charge in [0, 0.05) is 0 Å². The summed E-state index contributed by atoms with van der Waals surface area (Å²) >= 11 is 0. The van der Waals surface area contributed by atoms with E-state index in [1.165, 1.54) is 0 Å². The van der Waals surface area contributed by atoms with Crippen LogP contribution in [-0.4, -0.2) is 35.6 Å². The molecule has 1 aromatic carbocycles. The van der Waals surface area contributed by atoms with Crippen LogP contribution in [0, 0.1) is 0 Å². The lowest BCUT2D eigenvalue weighted by molar-refractivity contribution is 0.115. The first kappa shape index (κ1) is 16.0. The maximum Gasteiger partial charge on any atom is 0.119 e. The van der Waals surface area contributed by atoms with Gasteiger partial charge in [0.05, 0.1) is 25.4 Å². The zero-order valence-electron chi connectivity index (χ0n) is 11.6. The van der Waals surface area contributed by atoms with E-state index in [0.29, 0.717) is 6.42 Å². The van der Waals surface area contributed by atoms with Gasteiger partial charge in [0.2, 0.25) is 0 Å². The van der Waals surface area contributed by atoms with Gasteiger partial charge in [-0.1, -0.05) is 25.5 Å². The first-order valence-electron chi connectivity index (χ1n) is 6.86. The third-order valence-electron chi connectivity index (χ3n) is 3.23. The van der Waals surface area contributed by atoms with Crippen LogP contribution >= 0.6 is 0 Å². The number of ether oxygens (including phenoxy) is 1.